The smallest absolute Gasteiger partial charge is 0.418 e. The number of rotatable bonds is 12. The number of anilines is 2. The monoisotopic (exact) mass is 551 g/mol. The summed E-state index contributed by atoms with van der Waals surface area (Å²) in [4.78, 5) is 28.8. The predicted molar refractivity (Wildman–Crippen MR) is 136 cm³/mol. The van der Waals surface area contributed by atoms with E-state index in [2.05, 4.69) is 27.5 Å². The number of amides is 2. The highest BCUT2D eigenvalue weighted by Gasteiger charge is 2.51. The van der Waals surface area contributed by atoms with Gasteiger partial charge >= 0.3 is 6.18 Å². The topological polar surface area (TPSA) is 118 Å². The van der Waals surface area contributed by atoms with E-state index in [1.807, 2.05) is 0 Å². The molecule has 0 atom stereocenters. The Morgan fingerprint density at radius 2 is 1.85 bits per heavy atom. The van der Waals surface area contributed by atoms with Gasteiger partial charge in [0.15, 0.2) is 0 Å². The predicted octanol–water partition coefficient (Wildman–Crippen LogP) is 4.41. The molecule has 0 bridgehead atoms. The van der Waals surface area contributed by atoms with E-state index in [1.165, 1.54) is 24.5 Å². The third kappa shape index (κ3) is 8.03. The maximum Gasteiger partial charge on any atom is 0.418 e. The Hall–Kier alpha value is -4.42. The van der Waals surface area contributed by atoms with Crippen molar-refractivity contribution in [1.29, 1.82) is 0 Å². The molecule has 0 radical (unpaired) electrons. The zero-order chi connectivity index (χ0) is 28.6. The summed E-state index contributed by atoms with van der Waals surface area (Å²) in [5, 5.41) is 8.06. The van der Waals surface area contributed by atoms with Crippen molar-refractivity contribution in [3.63, 3.8) is 0 Å². The van der Waals surface area contributed by atoms with Crippen LogP contribution in [0.1, 0.15) is 24.0 Å². The second kappa shape index (κ2) is 12.4. The lowest BCUT2D eigenvalue weighted by Gasteiger charge is -2.18. The molecule has 2 aromatic carbocycles. The summed E-state index contributed by atoms with van der Waals surface area (Å²) in [6, 6.07) is 9.16. The Morgan fingerprint density at radius 1 is 1.15 bits per heavy atom. The quantitative estimate of drug-likeness (QED) is 0.177. The Morgan fingerprint density at radius 3 is 2.41 bits per heavy atom. The standard InChI is InChI=1S/C26H26F5N5O3/c1-2-33-14-17(12-32)23(37)36-25(9-10-25)24(38)34-13-16-3-5-18(6-4-16)35-21-8-7-19(39-15-22(27)28)11-20(21)26(29,30)31/h2-8,11-12,14,22,35H,1,9-10,13,15,32H2,(H,34,38)(H,36,37)/b17-12+,33-14?. The van der Waals surface area contributed by atoms with Crippen LogP contribution in [0.4, 0.5) is 33.3 Å². The number of aliphatic imine (C=N–C) groups is 1. The first-order chi connectivity index (χ1) is 18.5. The molecule has 0 saturated heterocycles. The lowest BCUT2D eigenvalue weighted by molar-refractivity contribution is -0.137. The highest BCUT2D eigenvalue weighted by atomic mass is 19.4. The Kier molecular flexibility index (Phi) is 9.28. The minimum absolute atomic E-state index is 0.0704. The first kappa shape index (κ1) is 29.1. The molecular weight excluding hydrogens is 525 g/mol. The summed E-state index contributed by atoms with van der Waals surface area (Å²) < 4.78 is 70.0. The number of nitrogens with zero attached hydrogens (tertiary/aromatic N) is 1. The largest absolute Gasteiger partial charge is 0.488 e. The second-order valence-corrected chi connectivity index (χ2v) is 8.53. The molecule has 0 spiro atoms. The fourth-order valence-corrected chi connectivity index (χ4v) is 3.46. The van der Waals surface area contributed by atoms with Gasteiger partial charge in [0.25, 0.3) is 12.3 Å². The van der Waals surface area contributed by atoms with E-state index >= 15 is 0 Å². The van der Waals surface area contributed by atoms with Crippen LogP contribution in [-0.2, 0) is 22.3 Å². The third-order valence-electron chi connectivity index (χ3n) is 5.66. The van der Waals surface area contributed by atoms with Crippen molar-refractivity contribution >= 4 is 29.4 Å². The van der Waals surface area contributed by atoms with Gasteiger partial charge in [-0.2, -0.15) is 13.2 Å². The molecule has 0 unspecified atom stereocenters. The number of hydrogen-bond donors (Lipinski definition) is 4. The molecule has 1 saturated carbocycles. The summed E-state index contributed by atoms with van der Waals surface area (Å²) in [7, 11) is 0. The van der Waals surface area contributed by atoms with Crippen LogP contribution >= 0.6 is 0 Å². The van der Waals surface area contributed by atoms with E-state index in [1.54, 1.807) is 12.1 Å². The van der Waals surface area contributed by atoms with Crippen LogP contribution in [0, 0.1) is 0 Å². The van der Waals surface area contributed by atoms with Gasteiger partial charge in [-0.05, 0) is 48.7 Å². The fourth-order valence-electron chi connectivity index (χ4n) is 3.46. The number of ether oxygens (including phenoxy) is 1. The maximum atomic E-state index is 13.5. The zero-order valence-corrected chi connectivity index (χ0v) is 20.5. The van der Waals surface area contributed by atoms with Crippen LogP contribution in [-0.4, -0.2) is 36.6 Å². The van der Waals surface area contributed by atoms with Gasteiger partial charge in [-0.1, -0.05) is 18.7 Å². The number of carbonyl (C=O) groups excluding carboxylic acids is 2. The third-order valence-corrected chi connectivity index (χ3v) is 5.66. The van der Waals surface area contributed by atoms with Crippen molar-refractivity contribution in [3.05, 3.63) is 78.1 Å². The maximum absolute atomic E-state index is 13.5. The molecular formula is C26H26F5N5O3. The number of nitrogens with one attached hydrogen (secondary N) is 3. The van der Waals surface area contributed by atoms with Gasteiger partial charge in [0.1, 0.15) is 17.9 Å². The van der Waals surface area contributed by atoms with Gasteiger partial charge in [0.05, 0.1) is 16.8 Å². The number of hydrogen-bond acceptors (Lipinski definition) is 6. The molecule has 13 heteroatoms. The number of halogens is 5. The molecule has 1 fully saturated rings. The van der Waals surface area contributed by atoms with E-state index < -0.39 is 36.2 Å². The summed E-state index contributed by atoms with van der Waals surface area (Å²) >= 11 is 0. The Balaban J connectivity index is 1.61. The van der Waals surface area contributed by atoms with Gasteiger partial charge in [0, 0.05) is 30.8 Å². The van der Waals surface area contributed by atoms with Crippen LogP contribution in [0.15, 0.2) is 72.0 Å². The molecule has 208 valence electrons. The summed E-state index contributed by atoms with van der Waals surface area (Å²) in [6.07, 6.45) is -3.17. The number of nitrogens with two attached hydrogens (primary N) is 1. The first-order valence-corrected chi connectivity index (χ1v) is 11.6. The summed E-state index contributed by atoms with van der Waals surface area (Å²) in [6.45, 7) is 2.50. The van der Waals surface area contributed by atoms with E-state index in [4.69, 9.17) is 10.5 Å². The van der Waals surface area contributed by atoms with Crippen molar-refractivity contribution in [2.75, 3.05) is 11.9 Å². The lowest BCUT2D eigenvalue weighted by Crippen LogP contribution is -2.49. The van der Waals surface area contributed by atoms with E-state index in [-0.39, 0.29) is 29.5 Å². The molecule has 0 heterocycles. The van der Waals surface area contributed by atoms with Crippen LogP contribution in [0.2, 0.25) is 0 Å². The molecule has 3 rings (SSSR count). The normalized spacial score (nSPS) is 14.7. The van der Waals surface area contributed by atoms with Crippen LogP contribution in [0.3, 0.4) is 0 Å². The molecule has 5 N–H and O–H groups in total. The molecule has 0 aliphatic heterocycles. The van der Waals surface area contributed by atoms with Crippen LogP contribution in [0.25, 0.3) is 0 Å². The van der Waals surface area contributed by atoms with Gasteiger partial charge in [-0.15, -0.1) is 0 Å². The van der Waals surface area contributed by atoms with Crippen molar-refractivity contribution < 1.29 is 36.3 Å². The molecule has 1 aliphatic carbocycles. The van der Waals surface area contributed by atoms with Gasteiger partial charge in [0.2, 0.25) is 5.91 Å². The SMILES string of the molecule is C=CN=C/C(=C\N)C(=O)NC1(C(=O)NCc2ccc(Nc3ccc(OCC(F)F)cc3C(F)(F)F)cc2)CC1. The van der Waals surface area contributed by atoms with Crippen molar-refractivity contribution in [3.8, 4) is 5.75 Å². The average molecular weight is 552 g/mol. The zero-order valence-electron chi connectivity index (χ0n) is 20.5. The molecule has 8 nitrogen and oxygen atoms in total. The minimum Gasteiger partial charge on any atom is -0.488 e. The molecule has 2 aromatic rings. The average Bonchev–Trinajstić information content (AvgIpc) is 3.67. The summed E-state index contributed by atoms with van der Waals surface area (Å²) in [5.41, 5.74) is 4.07. The van der Waals surface area contributed by atoms with Crippen LogP contribution in [0.5, 0.6) is 5.75 Å². The highest BCUT2D eigenvalue weighted by molar-refractivity contribution is 6.13. The van der Waals surface area contributed by atoms with Gasteiger partial charge in [-0.25, -0.2) is 8.78 Å². The van der Waals surface area contributed by atoms with Gasteiger partial charge < -0.3 is 26.4 Å². The summed E-state index contributed by atoms with van der Waals surface area (Å²) in [5.74, 6) is -1.28. The lowest BCUT2D eigenvalue weighted by atomic mass is 10.1. The fraction of sp³-hybridized carbons (Fsp3) is 0.269. The Labute approximate surface area is 220 Å². The van der Waals surface area contributed by atoms with E-state index in [0.29, 0.717) is 30.2 Å². The van der Waals surface area contributed by atoms with Crippen molar-refractivity contribution in [2.45, 2.75) is 37.5 Å². The van der Waals surface area contributed by atoms with E-state index in [0.717, 1.165) is 18.3 Å². The second-order valence-electron chi connectivity index (χ2n) is 8.53. The minimum atomic E-state index is -4.76. The highest BCUT2D eigenvalue weighted by Crippen LogP contribution is 2.38. The number of alkyl halides is 5. The molecule has 0 aromatic heterocycles. The Bertz CT molecular complexity index is 1260. The van der Waals surface area contributed by atoms with Crippen LogP contribution < -0.4 is 26.4 Å². The van der Waals surface area contributed by atoms with Crippen molar-refractivity contribution in [2.24, 2.45) is 10.7 Å². The van der Waals surface area contributed by atoms with E-state index in [9.17, 15) is 31.5 Å². The first-order valence-electron chi connectivity index (χ1n) is 11.6. The van der Waals surface area contributed by atoms with Crippen molar-refractivity contribution in [1.82, 2.24) is 10.6 Å². The molecule has 39 heavy (non-hydrogen) atoms. The number of carbonyl (C=O) groups is 2. The number of benzene rings is 2. The molecule has 2 amide bonds. The van der Waals surface area contributed by atoms with Gasteiger partial charge in [-0.3, -0.25) is 14.6 Å². The molecule has 1 aliphatic rings.